The molecule has 3 heteroatoms. The fraction of sp³-hybridized carbons (Fsp3) is 1.00. The second kappa shape index (κ2) is 6.38. The standard InChI is InChI=1S/C11H25N3/c1-13(2)10-7-12-11-5-4-8-14(3)9-6-11/h11-12H,4-10H2,1-3H3. The summed E-state index contributed by atoms with van der Waals surface area (Å²) in [6.45, 7) is 4.79. The van der Waals surface area contributed by atoms with E-state index in [4.69, 9.17) is 0 Å². The van der Waals surface area contributed by atoms with E-state index in [0.717, 1.165) is 19.1 Å². The number of nitrogens with one attached hydrogen (secondary N) is 1. The molecule has 0 aromatic rings. The van der Waals surface area contributed by atoms with Gasteiger partial charge in [0.05, 0.1) is 0 Å². The molecule has 0 saturated carbocycles. The van der Waals surface area contributed by atoms with Crippen molar-refractivity contribution in [3.8, 4) is 0 Å². The molecule has 3 nitrogen and oxygen atoms in total. The second-order valence-corrected chi connectivity index (χ2v) is 4.69. The van der Waals surface area contributed by atoms with E-state index in [1.165, 1.54) is 32.4 Å². The number of hydrogen-bond donors (Lipinski definition) is 1. The molecular formula is C11H25N3. The Morgan fingerprint density at radius 2 is 2.07 bits per heavy atom. The Morgan fingerprint density at radius 1 is 1.29 bits per heavy atom. The molecule has 1 aliphatic rings. The van der Waals surface area contributed by atoms with E-state index in [1.54, 1.807) is 0 Å². The Balaban J connectivity index is 2.11. The lowest BCUT2D eigenvalue weighted by Crippen LogP contribution is -2.35. The molecule has 0 amide bonds. The van der Waals surface area contributed by atoms with Crippen molar-refractivity contribution in [3.63, 3.8) is 0 Å². The molecule has 0 aliphatic carbocycles. The highest BCUT2D eigenvalue weighted by Gasteiger charge is 2.13. The maximum absolute atomic E-state index is 3.65. The van der Waals surface area contributed by atoms with Gasteiger partial charge in [-0.1, -0.05) is 0 Å². The number of likely N-dealkylation sites (tertiary alicyclic amines) is 1. The lowest BCUT2D eigenvalue weighted by Gasteiger charge is -2.18. The molecule has 14 heavy (non-hydrogen) atoms. The van der Waals surface area contributed by atoms with Crippen molar-refractivity contribution in [2.75, 3.05) is 47.3 Å². The molecule has 0 aromatic heterocycles. The molecule has 1 aliphatic heterocycles. The molecule has 1 rings (SSSR count). The molecule has 1 heterocycles. The fourth-order valence-corrected chi connectivity index (χ4v) is 1.94. The maximum atomic E-state index is 3.65. The summed E-state index contributed by atoms with van der Waals surface area (Å²) in [6.07, 6.45) is 4.00. The molecule has 84 valence electrons. The van der Waals surface area contributed by atoms with Crippen molar-refractivity contribution in [3.05, 3.63) is 0 Å². The highest BCUT2D eigenvalue weighted by molar-refractivity contribution is 4.73. The van der Waals surface area contributed by atoms with Gasteiger partial charge in [0.15, 0.2) is 0 Å². The molecule has 0 aromatic carbocycles. The fourth-order valence-electron chi connectivity index (χ4n) is 1.94. The van der Waals surface area contributed by atoms with Gasteiger partial charge in [0.1, 0.15) is 0 Å². The van der Waals surface area contributed by atoms with Crippen LogP contribution in [0.1, 0.15) is 19.3 Å². The molecule has 0 radical (unpaired) electrons. The van der Waals surface area contributed by atoms with Crippen LogP contribution in [0.3, 0.4) is 0 Å². The van der Waals surface area contributed by atoms with Gasteiger partial charge in [0.2, 0.25) is 0 Å². The summed E-state index contributed by atoms with van der Waals surface area (Å²) >= 11 is 0. The summed E-state index contributed by atoms with van der Waals surface area (Å²) in [7, 11) is 6.48. The van der Waals surface area contributed by atoms with E-state index in [1.807, 2.05) is 0 Å². The van der Waals surface area contributed by atoms with E-state index < -0.39 is 0 Å². The number of hydrogen-bond acceptors (Lipinski definition) is 3. The van der Waals surface area contributed by atoms with E-state index in [2.05, 4.69) is 36.3 Å². The van der Waals surface area contributed by atoms with Crippen molar-refractivity contribution < 1.29 is 0 Å². The van der Waals surface area contributed by atoms with Crippen LogP contribution < -0.4 is 5.32 Å². The van der Waals surface area contributed by atoms with Crippen LogP contribution in [0.4, 0.5) is 0 Å². The SMILES string of the molecule is CN(C)CCNC1CCCN(C)CC1. The lowest BCUT2D eigenvalue weighted by atomic mass is 10.1. The van der Waals surface area contributed by atoms with Gasteiger partial charge in [-0.2, -0.15) is 0 Å². The first-order valence-corrected chi connectivity index (χ1v) is 5.75. The van der Waals surface area contributed by atoms with Gasteiger partial charge in [-0.15, -0.1) is 0 Å². The predicted octanol–water partition coefficient (Wildman–Crippen LogP) is 0.622. The van der Waals surface area contributed by atoms with Crippen molar-refractivity contribution >= 4 is 0 Å². The topological polar surface area (TPSA) is 18.5 Å². The first kappa shape index (κ1) is 12.0. The van der Waals surface area contributed by atoms with Gasteiger partial charge >= 0.3 is 0 Å². The van der Waals surface area contributed by atoms with Crippen molar-refractivity contribution in [2.45, 2.75) is 25.3 Å². The average Bonchev–Trinajstić information content (AvgIpc) is 2.30. The molecule has 1 saturated heterocycles. The minimum atomic E-state index is 0.750. The normalized spacial score (nSPS) is 25.3. The van der Waals surface area contributed by atoms with E-state index in [9.17, 15) is 0 Å². The molecular weight excluding hydrogens is 174 g/mol. The zero-order valence-corrected chi connectivity index (χ0v) is 9.92. The Morgan fingerprint density at radius 3 is 2.79 bits per heavy atom. The zero-order chi connectivity index (χ0) is 10.4. The van der Waals surface area contributed by atoms with Gasteiger partial charge in [0, 0.05) is 19.1 Å². The van der Waals surface area contributed by atoms with Crippen LogP contribution in [0.2, 0.25) is 0 Å². The Kier molecular flexibility index (Phi) is 5.45. The van der Waals surface area contributed by atoms with Gasteiger partial charge in [-0.05, 0) is 53.5 Å². The van der Waals surface area contributed by atoms with Crippen LogP contribution in [0.25, 0.3) is 0 Å². The van der Waals surface area contributed by atoms with Crippen LogP contribution in [0.5, 0.6) is 0 Å². The molecule has 1 N–H and O–H groups in total. The zero-order valence-electron chi connectivity index (χ0n) is 9.92. The third-order valence-corrected chi connectivity index (χ3v) is 2.94. The molecule has 1 unspecified atom stereocenters. The summed E-state index contributed by atoms with van der Waals surface area (Å²) in [5.41, 5.74) is 0. The highest BCUT2D eigenvalue weighted by Crippen LogP contribution is 2.08. The third kappa shape index (κ3) is 4.94. The van der Waals surface area contributed by atoms with Gasteiger partial charge in [-0.25, -0.2) is 0 Å². The van der Waals surface area contributed by atoms with Crippen molar-refractivity contribution in [1.29, 1.82) is 0 Å². The van der Waals surface area contributed by atoms with Crippen LogP contribution in [-0.4, -0.2) is 63.2 Å². The highest BCUT2D eigenvalue weighted by atomic mass is 15.1. The average molecular weight is 199 g/mol. The largest absolute Gasteiger partial charge is 0.313 e. The summed E-state index contributed by atoms with van der Waals surface area (Å²) in [6, 6.07) is 0.750. The van der Waals surface area contributed by atoms with Crippen LogP contribution >= 0.6 is 0 Å². The maximum Gasteiger partial charge on any atom is 0.0101 e. The van der Waals surface area contributed by atoms with Crippen molar-refractivity contribution in [2.24, 2.45) is 0 Å². The van der Waals surface area contributed by atoms with E-state index >= 15 is 0 Å². The minimum absolute atomic E-state index is 0.750. The summed E-state index contributed by atoms with van der Waals surface area (Å²) in [4.78, 5) is 4.67. The van der Waals surface area contributed by atoms with Crippen molar-refractivity contribution in [1.82, 2.24) is 15.1 Å². The van der Waals surface area contributed by atoms with Crippen LogP contribution in [0, 0.1) is 0 Å². The molecule has 1 atom stereocenters. The monoisotopic (exact) mass is 199 g/mol. The van der Waals surface area contributed by atoms with Crippen LogP contribution in [-0.2, 0) is 0 Å². The quantitative estimate of drug-likeness (QED) is 0.716. The molecule has 0 bridgehead atoms. The Bertz CT molecular complexity index is 147. The first-order valence-electron chi connectivity index (χ1n) is 5.75. The Hall–Kier alpha value is -0.120. The lowest BCUT2D eigenvalue weighted by molar-refractivity contribution is 0.339. The third-order valence-electron chi connectivity index (χ3n) is 2.94. The number of nitrogens with zero attached hydrogens (tertiary/aromatic N) is 2. The smallest absolute Gasteiger partial charge is 0.0101 e. The Labute approximate surface area is 88.5 Å². The molecule has 0 spiro atoms. The first-order chi connectivity index (χ1) is 6.68. The summed E-state index contributed by atoms with van der Waals surface area (Å²) < 4.78 is 0. The number of rotatable bonds is 4. The second-order valence-electron chi connectivity index (χ2n) is 4.69. The van der Waals surface area contributed by atoms with Gasteiger partial charge < -0.3 is 15.1 Å². The molecule has 1 fully saturated rings. The number of likely N-dealkylation sites (N-methyl/N-ethyl adjacent to an activating group) is 1. The van der Waals surface area contributed by atoms with Gasteiger partial charge in [-0.3, -0.25) is 0 Å². The van der Waals surface area contributed by atoms with Crippen LogP contribution in [0.15, 0.2) is 0 Å². The van der Waals surface area contributed by atoms with Gasteiger partial charge in [0.25, 0.3) is 0 Å². The van der Waals surface area contributed by atoms with E-state index in [-0.39, 0.29) is 0 Å². The van der Waals surface area contributed by atoms with E-state index in [0.29, 0.717) is 0 Å². The summed E-state index contributed by atoms with van der Waals surface area (Å²) in [5, 5.41) is 3.65. The minimum Gasteiger partial charge on any atom is -0.313 e. The summed E-state index contributed by atoms with van der Waals surface area (Å²) in [5.74, 6) is 0. The predicted molar refractivity (Wildman–Crippen MR) is 61.7 cm³/mol.